The van der Waals surface area contributed by atoms with Gasteiger partial charge in [-0.2, -0.15) is 0 Å². The number of carbonyl (C=O) groups excluding carboxylic acids is 1. The van der Waals surface area contributed by atoms with Crippen molar-refractivity contribution in [1.29, 1.82) is 0 Å². The van der Waals surface area contributed by atoms with Crippen LogP contribution in [0.3, 0.4) is 0 Å². The Labute approximate surface area is 123 Å². The maximum absolute atomic E-state index is 12.7. The van der Waals surface area contributed by atoms with Crippen LogP contribution < -0.4 is 4.90 Å². The molecule has 4 nitrogen and oxygen atoms in total. The average molecular weight is 279 g/mol. The van der Waals surface area contributed by atoms with Gasteiger partial charge in [-0.25, -0.2) is 4.98 Å². The van der Waals surface area contributed by atoms with Gasteiger partial charge in [0.25, 0.3) is 5.91 Å². The van der Waals surface area contributed by atoms with E-state index in [4.69, 9.17) is 0 Å². The number of para-hydroxylation sites is 1. The van der Waals surface area contributed by atoms with E-state index in [2.05, 4.69) is 4.98 Å². The molecule has 3 rings (SSSR count). The monoisotopic (exact) mass is 279 g/mol. The lowest BCUT2D eigenvalue weighted by Crippen LogP contribution is -2.30. The Hall–Kier alpha value is -2.62. The quantitative estimate of drug-likeness (QED) is 0.737. The van der Waals surface area contributed by atoms with Gasteiger partial charge in [-0.15, -0.1) is 0 Å². The molecule has 0 radical (unpaired) electrons. The number of pyridine rings is 1. The average Bonchev–Trinajstić information content (AvgIpc) is 2.92. The lowest BCUT2D eigenvalue weighted by atomic mass is 10.2. The van der Waals surface area contributed by atoms with E-state index in [0.29, 0.717) is 12.2 Å². The van der Waals surface area contributed by atoms with Crippen molar-refractivity contribution in [1.82, 2.24) is 9.38 Å². The first-order valence-electron chi connectivity index (χ1n) is 7.01. The molecule has 0 spiro atoms. The van der Waals surface area contributed by atoms with Gasteiger partial charge in [-0.05, 0) is 43.7 Å². The van der Waals surface area contributed by atoms with E-state index < -0.39 is 0 Å². The summed E-state index contributed by atoms with van der Waals surface area (Å²) in [6, 6.07) is 13.6. The fraction of sp³-hybridized carbons (Fsp3) is 0.176. The number of rotatable bonds is 3. The molecule has 0 fully saturated rings. The highest BCUT2D eigenvalue weighted by molar-refractivity contribution is 6.05. The van der Waals surface area contributed by atoms with Gasteiger partial charge in [0.15, 0.2) is 0 Å². The van der Waals surface area contributed by atoms with Crippen LogP contribution in [0.4, 0.5) is 5.69 Å². The summed E-state index contributed by atoms with van der Waals surface area (Å²) >= 11 is 0. The largest absolute Gasteiger partial charge is 0.307 e. The predicted octanol–water partition coefficient (Wildman–Crippen LogP) is 3.31. The third-order valence-corrected chi connectivity index (χ3v) is 3.46. The Balaban J connectivity index is 1.98. The van der Waals surface area contributed by atoms with Gasteiger partial charge < -0.3 is 9.30 Å². The number of aryl methyl sites for hydroxylation is 1. The molecule has 0 atom stereocenters. The molecular formula is C17H17N3O. The zero-order valence-electron chi connectivity index (χ0n) is 12.2. The molecule has 0 aliphatic rings. The molecule has 106 valence electrons. The third kappa shape index (κ3) is 2.52. The summed E-state index contributed by atoms with van der Waals surface area (Å²) < 4.78 is 1.87. The van der Waals surface area contributed by atoms with Crippen LogP contribution >= 0.6 is 0 Å². The molecule has 3 aromatic rings. The number of benzene rings is 1. The molecule has 21 heavy (non-hydrogen) atoms. The van der Waals surface area contributed by atoms with Crippen LogP contribution in [0.15, 0.2) is 54.9 Å². The SMILES string of the molecule is CCN(C(=O)c1cn2ccc(C)cc2n1)c1ccccc1. The molecule has 2 aromatic heterocycles. The number of nitrogens with zero attached hydrogens (tertiary/aromatic N) is 3. The lowest BCUT2D eigenvalue weighted by molar-refractivity contribution is 0.0984. The second-order valence-corrected chi connectivity index (χ2v) is 4.98. The Morgan fingerprint density at radius 3 is 2.71 bits per heavy atom. The van der Waals surface area contributed by atoms with Crippen LogP contribution in [0.2, 0.25) is 0 Å². The minimum Gasteiger partial charge on any atom is -0.307 e. The summed E-state index contributed by atoms with van der Waals surface area (Å²) in [6.07, 6.45) is 3.70. The Morgan fingerprint density at radius 1 is 1.24 bits per heavy atom. The van der Waals surface area contributed by atoms with Crippen molar-refractivity contribution in [3.63, 3.8) is 0 Å². The van der Waals surface area contributed by atoms with Crippen molar-refractivity contribution < 1.29 is 4.79 Å². The zero-order valence-corrected chi connectivity index (χ0v) is 12.2. The zero-order chi connectivity index (χ0) is 14.8. The van der Waals surface area contributed by atoms with Crippen LogP contribution in [0.25, 0.3) is 5.65 Å². The van der Waals surface area contributed by atoms with Gasteiger partial charge in [-0.1, -0.05) is 18.2 Å². The lowest BCUT2D eigenvalue weighted by Gasteiger charge is -2.19. The number of aromatic nitrogens is 2. The van der Waals surface area contributed by atoms with Gasteiger partial charge >= 0.3 is 0 Å². The van der Waals surface area contributed by atoms with Crippen molar-refractivity contribution in [2.75, 3.05) is 11.4 Å². The number of fused-ring (bicyclic) bond motifs is 1. The van der Waals surface area contributed by atoms with E-state index in [1.165, 1.54) is 0 Å². The standard InChI is InChI=1S/C17H17N3O/c1-3-20(14-7-5-4-6-8-14)17(21)15-12-19-10-9-13(2)11-16(19)18-15/h4-12H,3H2,1-2H3. The molecule has 2 heterocycles. The van der Waals surface area contributed by atoms with E-state index in [1.807, 2.05) is 66.9 Å². The van der Waals surface area contributed by atoms with Gasteiger partial charge in [0.2, 0.25) is 0 Å². The second kappa shape index (κ2) is 5.40. The van der Waals surface area contributed by atoms with Crippen LogP contribution in [-0.4, -0.2) is 21.8 Å². The van der Waals surface area contributed by atoms with Crippen LogP contribution in [0.5, 0.6) is 0 Å². The highest BCUT2D eigenvalue weighted by Crippen LogP contribution is 2.17. The molecule has 0 aliphatic carbocycles. The summed E-state index contributed by atoms with van der Waals surface area (Å²) in [5.41, 5.74) is 3.27. The Bertz CT molecular complexity index is 777. The fourth-order valence-corrected chi connectivity index (χ4v) is 2.38. The van der Waals surface area contributed by atoms with E-state index in [0.717, 1.165) is 16.9 Å². The number of amides is 1. The topological polar surface area (TPSA) is 37.6 Å². The molecular weight excluding hydrogens is 262 g/mol. The molecule has 0 aliphatic heterocycles. The second-order valence-electron chi connectivity index (χ2n) is 4.98. The third-order valence-electron chi connectivity index (χ3n) is 3.46. The van der Waals surface area contributed by atoms with Crippen molar-refractivity contribution in [3.8, 4) is 0 Å². The molecule has 1 aromatic carbocycles. The number of anilines is 1. The summed E-state index contributed by atoms with van der Waals surface area (Å²) in [4.78, 5) is 18.9. The molecule has 0 saturated heterocycles. The summed E-state index contributed by atoms with van der Waals surface area (Å²) in [5.74, 6) is -0.0787. The van der Waals surface area contributed by atoms with E-state index in [9.17, 15) is 4.79 Å². The normalized spacial score (nSPS) is 10.8. The maximum atomic E-state index is 12.7. The van der Waals surface area contributed by atoms with E-state index in [1.54, 1.807) is 11.1 Å². The summed E-state index contributed by atoms with van der Waals surface area (Å²) in [6.45, 7) is 4.58. The van der Waals surface area contributed by atoms with Crippen LogP contribution in [-0.2, 0) is 0 Å². The Morgan fingerprint density at radius 2 is 2.00 bits per heavy atom. The van der Waals surface area contributed by atoms with Gasteiger partial charge in [-0.3, -0.25) is 4.79 Å². The molecule has 0 saturated carbocycles. The molecule has 0 bridgehead atoms. The summed E-state index contributed by atoms with van der Waals surface area (Å²) in [5, 5.41) is 0. The first-order valence-corrected chi connectivity index (χ1v) is 7.01. The van der Waals surface area contributed by atoms with Gasteiger partial charge in [0, 0.05) is 24.6 Å². The first kappa shape index (κ1) is 13.4. The number of hydrogen-bond acceptors (Lipinski definition) is 2. The number of carbonyl (C=O) groups is 1. The molecule has 0 unspecified atom stereocenters. The minimum absolute atomic E-state index is 0.0787. The van der Waals surface area contributed by atoms with E-state index >= 15 is 0 Å². The maximum Gasteiger partial charge on any atom is 0.278 e. The van der Waals surface area contributed by atoms with Crippen LogP contribution in [0.1, 0.15) is 23.0 Å². The number of hydrogen-bond donors (Lipinski definition) is 0. The summed E-state index contributed by atoms with van der Waals surface area (Å²) in [7, 11) is 0. The highest BCUT2D eigenvalue weighted by Gasteiger charge is 2.18. The van der Waals surface area contributed by atoms with Crippen molar-refractivity contribution in [2.45, 2.75) is 13.8 Å². The molecule has 4 heteroatoms. The van der Waals surface area contributed by atoms with Gasteiger partial charge in [0.05, 0.1) is 0 Å². The first-order chi connectivity index (χ1) is 10.2. The van der Waals surface area contributed by atoms with Crippen molar-refractivity contribution >= 4 is 17.2 Å². The number of imidazole rings is 1. The smallest absolute Gasteiger partial charge is 0.278 e. The van der Waals surface area contributed by atoms with Gasteiger partial charge in [0.1, 0.15) is 11.3 Å². The fourth-order valence-electron chi connectivity index (χ4n) is 2.38. The molecule has 1 amide bonds. The van der Waals surface area contributed by atoms with E-state index in [-0.39, 0.29) is 5.91 Å². The van der Waals surface area contributed by atoms with Crippen molar-refractivity contribution in [3.05, 3.63) is 66.1 Å². The van der Waals surface area contributed by atoms with Crippen molar-refractivity contribution in [2.24, 2.45) is 0 Å². The highest BCUT2D eigenvalue weighted by atomic mass is 16.2. The minimum atomic E-state index is -0.0787. The molecule has 0 N–H and O–H groups in total. The Kier molecular flexibility index (Phi) is 3.44. The van der Waals surface area contributed by atoms with Crippen LogP contribution in [0, 0.1) is 6.92 Å². The predicted molar refractivity (Wildman–Crippen MR) is 83.7 cm³/mol.